The summed E-state index contributed by atoms with van der Waals surface area (Å²) in [5.74, 6) is -1.14. The predicted molar refractivity (Wildman–Crippen MR) is 94.0 cm³/mol. The van der Waals surface area contributed by atoms with E-state index in [1.54, 1.807) is 23.2 Å². The second-order valence-electron chi connectivity index (χ2n) is 6.21. The van der Waals surface area contributed by atoms with Gasteiger partial charge in [-0.15, -0.1) is 0 Å². The van der Waals surface area contributed by atoms with Crippen molar-refractivity contribution < 1.29 is 24.2 Å². The topological polar surface area (TPSA) is 100 Å². The van der Waals surface area contributed by atoms with Gasteiger partial charge in [0, 0.05) is 32.3 Å². The summed E-state index contributed by atoms with van der Waals surface area (Å²) >= 11 is 0. The lowest BCUT2D eigenvalue weighted by atomic mass is 10.1. The third kappa shape index (κ3) is 4.93. The fraction of sp³-hybridized carbons (Fsp3) is 0.556. The maximum atomic E-state index is 12.9. The third-order valence-electron chi connectivity index (χ3n) is 4.42. The monoisotopic (exact) mass is 363 g/mol. The summed E-state index contributed by atoms with van der Waals surface area (Å²) in [6.45, 7) is 4.31. The number of pyridine rings is 1. The van der Waals surface area contributed by atoms with Crippen LogP contribution in [0.3, 0.4) is 0 Å². The van der Waals surface area contributed by atoms with Crippen LogP contribution in [0, 0.1) is 0 Å². The van der Waals surface area contributed by atoms with Crippen LogP contribution in [0.4, 0.5) is 0 Å². The Labute approximate surface area is 152 Å². The highest BCUT2D eigenvalue weighted by atomic mass is 16.5. The van der Waals surface area contributed by atoms with E-state index in [1.165, 1.54) is 11.8 Å². The Kier molecular flexibility index (Phi) is 6.94. The number of aliphatic carboxylic acids is 1. The third-order valence-corrected chi connectivity index (χ3v) is 4.42. The van der Waals surface area contributed by atoms with Crippen LogP contribution in [-0.4, -0.2) is 70.0 Å². The van der Waals surface area contributed by atoms with Crippen LogP contribution < -0.4 is 4.74 Å². The largest absolute Gasteiger partial charge is 0.480 e. The number of carbonyl (C=O) groups excluding carboxylic acids is 2. The maximum Gasteiger partial charge on any atom is 0.323 e. The van der Waals surface area contributed by atoms with Crippen LogP contribution in [0.2, 0.25) is 0 Å². The molecule has 8 heteroatoms. The molecule has 0 aliphatic carbocycles. The van der Waals surface area contributed by atoms with Crippen LogP contribution in [0.25, 0.3) is 0 Å². The van der Waals surface area contributed by atoms with Gasteiger partial charge in [-0.05, 0) is 38.3 Å². The maximum absolute atomic E-state index is 12.9. The van der Waals surface area contributed by atoms with Crippen LogP contribution in [0.1, 0.15) is 43.5 Å². The molecule has 0 bridgehead atoms. The minimum atomic E-state index is -1.03. The first-order valence-electron chi connectivity index (χ1n) is 8.80. The molecule has 0 aromatic carbocycles. The number of carboxylic acids is 1. The zero-order valence-electron chi connectivity index (χ0n) is 15.2. The second kappa shape index (κ2) is 9.17. The number of hydrogen-bond donors (Lipinski definition) is 1. The van der Waals surface area contributed by atoms with Crippen molar-refractivity contribution in [2.75, 3.05) is 26.2 Å². The number of carbonyl (C=O) groups is 3. The molecular formula is C18H25N3O5. The van der Waals surface area contributed by atoms with Crippen molar-refractivity contribution in [2.45, 2.75) is 39.2 Å². The molecule has 0 spiro atoms. The van der Waals surface area contributed by atoms with Gasteiger partial charge >= 0.3 is 5.97 Å². The van der Waals surface area contributed by atoms with E-state index in [1.807, 2.05) is 6.92 Å². The highest BCUT2D eigenvalue weighted by Crippen LogP contribution is 2.22. The molecule has 2 amide bonds. The van der Waals surface area contributed by atoms with Gasteiger partial charge in [0.2, 0.25) is 11.8 Å². The highest BCUT2D eigenvalue weighted by molar-refractivity contribution is 5.96. The molecular weight excluding hydrogens is 338 g/mol. The van der Waals surface area contributed by atoms with Gasteiger partial charge in [-0.3, -0.25) is 14.4 Å². The van der Waals surface area contributed by atoms with E-state index in [-0.39, 0.29) is 24.4 Å². The average molecular weight is 363 g/mol. The molecule has 142 valence electrons. The van der Waals surface area contributed by atoms with Gasteiger partial charge < -0.3 is 19.6 Å². The lowest BCUT2D eigenvalue weighted by molar-refractivity contribution is -0.145. The van der Waals surface area contributed by atoms with Crippen LogP contribution in [0.5, 0.6) is 5.88 Å². The molecule has 1 fully saturated rings. The van der Waals surface area contributed by atoms with Crippen molar-refractivity contribution >= 4 is 17.8 Å². The van der Waals surface area contributed by atoms with Crippen molar-refractivity contribution in [3.8, 4) is 5.88 Å². The van der Waals surface area contributed by atoms with Crippen molar-refractivity contribution in [3.63, 3.8) is 0 Å². The van der Waals surface area contributed by atoms with Crippen LogP contribution >= 0.6 is 0 Å². The van der Waals surface area contributed by atoms with Gasteiger partial charge in [0.05, 0.1) is 6.61 Å². The minimum absolute atomic E-state index is 0.158. The zero-order chi connectivity index (χ0) is 19.1. The second-order valence-corrected chi connectivity index (χ2v) is 6.21. The molecule has 2 rings (SSSR count). The Bertz CT molecular complexity index is 664. The van der Waals surface area contributed by atoms with E-state index in [0.717, 1.165) is 0 Å². The van der Waals surface area contributed by atoms with Crippen LogP contribution in [-0.2, 0) is 9.59 Å². The molecule has 0 saturated carbocycles. The van der Waals surface area contributed by atoms with E-state index in [2.05, 4.69) is 4.98 Å². The normalized spacial score (nSPS) is 17.3. The van der Waals surface area contributed by atoms with E-state index in [4.69, 9.17) is 9.84 Å². The summed E-state index contributed by atoms with van der Waals surface area (Å²) in [5, 5.41) is 9.02. The lowest BCUT2D eigenvalue weighted by Gasteiger charge is -2.29. The minimum Gasteiger partial charge on any atom is -0.480 e. The molecule has 26 heavy (non-hydrogen) atoms. The van der Waals surface area contributed by atoms with Gasteiger partial charge in [-0.25, -0.2) is 4.98 Å². The van der Waals surface area contributed by atoms with Crippen LogP contribution in [0.15, 0.2) is 18.3 Å². The smallest absolute Gasteiger partial charge is 0.323 e. The van der Waals surface area contributed by atoms with Crippen molar-refractivity contribution in [1.82, 2.24) is 14.8 Å². The molecule has 1 aromatic heterocycles. The first-order valence-corrected chi connectivity index (χ1v) is 8.80. The molecule has 8 nitrogen and oxygen atoms in total. The molecule has 0 radical (unpaired) electrons. The summed E-state index contributed by atoms with van der Waals surface area (Å²) in [6.07, 6.45) is 3.49. The van der Waals surface area contributed by atoms with E-state index >= 15 is 0 Å². The molecule has 1 aliphatic rings. The molecule has 1 aliphatic heterocycles. The Hall–Kier alpha value is -2.64. The lowest BCUT2D eigenvalue weighted by Crippen LogP contribution is -2.43. The van der Waals surface area contributed by atoms with Gasteiger partial charge in [0.1, 0.15) is 12.1 Å². The number of aromatic nitrogens is 1. The summed E-state index contributed by atoms with van der Waals surface area (Å²) in [6, 6.07) is 3.21. The number of amides is 2. The molecule has 1 unspecified atom stereocenters. The van der Waals surface area contributed by atoms with E-state index in [9.17, 15) is 14.4 Å². The highest BCUT2D eigenvalue weighted by Gasteiger charge is 2.28. The Morgan fingerprint density at radius 1 is 1.35 bits per heavy atom. The quantitative estimate of drug-likeness (QED) is 0.820. The molecule has 1 atom stereocenters. The van der Waals surface area contributed by atoms with Gasteiger partial charge in [-0.2, -0.15) is 0 Å². The van der Waals surface area contributed by atoms with Gasteiger partial charge in [-0.1, -0.05) is 0 Å². The Morgan fingerprint density at radius 2 is 2.12 bits per heavy atom. The number of carboxylic acid groups (broad SMARTS) is 1. The summed E-state index contributed by atoms with van der Waals surface area (Å²) in [4.78, 5) is 42.9. The average Bonchev–Trinajstić information content (AvgIpc) is 2.85. The standard InChI is InChI=1S/C18H25N3O5/c1-3-26-17-15(7-4-9-19-17)18(25)20-10-5-6-14(8-11-20)21(13(2)22)12-16(23)24/h4,7,9,14H,3,5-6,8,10-12H2,1-2H3,(H,23,24). The molecule has 1 saturated heterocycles. The van der Waals surface area contributed by atoms with Gasteiger partial charge in [0.25, 0.3) is 5.91 Å². The van der Waals surface area contributed by atoms with Crippen molar-refractivity contribution in [3.05, 3.63) is 23.9 Å². The van der Waals surface area contributed by atoms with Crippen molar-refractivity contribution in [1.29, 1.82) is 0 Å². The molecule has 2 heterocycles. The summed E-state index contributed by atoms with van der Waals surface area (Å²) < 4.78 is 5.44. The summed E-state index contributed by atoms with van der Waals surface area (Å²) in [7, 11) is 0. The number of ether oxygens (including phenoxy) is 1. The first-order chi connectivity index (χ1) is 12.4. The number of nitrogens with zero attached hydrogens (tertiary/aromatic N) is 3. The van der Waals surface area contributed by atoms with E-state index < -0.39 is 5.97 Å². The van der Waals surface area contributed by atoms with E-state index in [0.29, 0.717) is 50.4 Å². The fourth-order valence-corrected chi connectivity index (χ4v) is 3.21. The Balaban J connectivity index is 2.09. The SMILES string of the molecule is CCOc1ncccc1C(=O)N1CCCC(N(CC(=O)O)C(C)=O)CC1. The summed E-state index contributed by atoms with van der Waals surface area (Å²) in [5.41, 5.74) is 0.418. The fourth-order valence-electron chi connectivity index (χ4n) is 3.21. The van der Waals surface area contributed by atoms with Gasteiger partial charge in [0.15, 0.2) is 0 Å². The predicted octanol–water partition coefficient (Wildman–Crippen LogP) is 1.41. The Morgan fingerprint density at radius 3 is 2.77 bits per heavy atom. The zero-order valence-corrected chi connectivity index (χ0v) is 15.2. The van der Waals surface area contributed by atoms with Crippen molar-refractivity contribution in [2.24, 2.45) is 0 Å². The molecule has 1 aromatic rings. The molecule has 1 N–H and O–H groups in total. The number of likely N-dealkylation sites (tertiary alicyclic amines) is 1. The first kappa shape index (κ1) is 19.7. The number of hydrogen-bond acceptors (Lipinski definition) is 5. The number of rotatable bonds is 6.